The highest BCUT2D eigenvalue weighted by Gasteiger charge is 2.22. The average molecular weight is 389 g/mol. The smallest absolute Gasteiger partial charge is 0.241 e. The summed E-state index contributed by atoms with van der Waals surface area (Å²) >= 11 is 0. The van der Waals surface area contributed by atoms with Crippen LogP contribution in [0.15, 0.2) is 42.5 Å². The lowest BCUT2D eigenvalue weighted by atomic mass is 10.0. The van der Waals surface area contributed by atoms with E-state index in [-0.39, 0.29) is 18.5 Å². The molecule has 0 radical (unpaired) electrons. The summed E-state index contributed by atoms with van der Waals surface area (Å²) in [5, 5.41) is 2.89. The van der Waals surface area contributed by atoms with E-state index < -0.39 is 10.0 Å². The van der Waals surface area contributed by atoms with Gasteiger partial charge in [0.1, 0.15) is 6.54 Å². The predicted octanol–water partition coefficient (Wildman–Crippen LogP) is 3.51. The third-order valence-electron chi connectivity index (χ3n) is 4.73. The number of benzene rings is 2. The first-order valence-electron chi connectivity index (χ1n) is 9.05. The number of amides is 1. The first-order chi connectivity index (χ1) is 12.6. The Morgan fingerprint density at radius 3 is 2.22 bits per heavy atom. The number of hydrogen-bond acceptors (Lipinski definition) is 3. The van der Waals surface area contributed by atoms with E-state index >= 15 is 0 Å². The number of anilines is 1. The lowest BCUT2D eigenvalue weighted by molar-refractivity contribution is -0.120. The van der Waals surface area contributed by atoms with Crippen LogP contribution in [-0.4, -0.2) is 27.1 Å². The Balaban J connectivity index is 2.14. The molecular formula is C21H28N2O3S. The van der Waals surface area contributed by atoms with Gasteiger partial charge in [0.2, 0.25) is 15.9 Å². The van der Waals surface area contributed by atoms with Crippen LogP contribution in [0.2, 0.25) is 0 Å². The summed E-state index contributed by atoms with van der Waals surface area (Å²) in [6.45, 7) is 7.74. The molecule has 0 spiro atoms. The zero-order valence-corrected chi connectivity index (χ0v) is 17.4. The Labute approximate surface area is 162 Å². The molecule has 146 valence electrons. The molecule has 1 unspecified atom stereocenters. The molecule has 0 aliphatic carbocycles. The number of carbonyl (C=O) groups excluding carboxylic acids is 1. The highest BCUT2D eigenvalue weighted by molar-refractivity contribution is 7.92. The zero-order chi connectivity index (χ0) is 20.2. The molecule has 1 N–H and O–H groups in total. The summed E-state index contributed by atoms with van der Waals surface area (Å²) < 4.78 is 25.5. The minimum Gasteiger partial charge on any atom is -0.348 e. The van der Waals surface area contributed by atoms with E-state index in [1.165, 1.54) is 5.56 Å². The Bertz CT molecular complexity index is 906. The first kappa shape index (κ1) is 21.0. The van der Waals surface area contributed by atoms with Crippen molar-refractivity contribution in [2.24, 2.45) is 0 Å². The van der Waals surface area contributed by atoms with Crippen LogP contribution in [0.5, 0.6) is 0 Å². The van der Waals surface area contributed by atoms with Crippen LogP contribution < -0.4 is 9.62 Å². The van der Waals surface area contributed by atoms with E-state index in [1.807, 2.05) is 58.0 Å². The topological polar surface area (TPSA) is 66.5 Å². The highest BCUT2D eigenvalue weighted by atomic mass is 32.2. The summed E-state index contributed by atoms with van der Waals surface area (Å²) in [6.07, 6.45) is 1.98. The molecule has 6 heteroatoms. The van der Waals surface area contributed by atoms with E-state index in [4.69, 9.17) is 0 Å². The number of carbonyl (C=O) groups is 1. The fourth-order valence-electron chi connectivity index (χ4n) is 2.83. The number of rotatable bonds is 7. The summed E-state index contributed by atoms with van der Waals surface area (Å²) in [5.74, 6) is -0.342. The lowest BCUT2D eigenvalue weighted by Crippen LogP contribution is -2.41. The van der Waals surface area contributed by atoms with Crippen molar-refractivity contribution in [2.45, 2.75) is 40.2 Å². The maximum atomic E-state index is 12.5. The van der Waals surface area contributed by atoms with Crippen molar-refractivity contribution in [3.63, 3.8) is 0 Å². The van der Waals surface area contributed by atoms with Gasteiger partial charge in [-0.1, -0.05) is 37.3 Å². The van der Waals surface area contributed by atoms with E-state index in [0.29, 0.717) is 5.69 Å². The second-order valence-electron chi connectivity index (χ2n) is 6.92. The molecule has 0 bridgehead atoms. The molecule has 1 atom stereocenters. The number of nitrogens with zero attached hydrogens (tertiary/aromatic N) is 1. The molecule has 2 aromatic carbocycles. The van der Waals surface area contributed by atoms with Crippen LogP contribution in [0.1, 0.15) is 42.1 Å². The number of nitrogens with one attached hydrogen (secondary N) is 1. The van der Waals surface area contributed by atoms with Crippen molar-refractivity contribution < 1.29 is 13.2 Å². The van der Waals surface area contributed by atoms with Crippen LogP contribution in [0, 0.1) is 13.8 Å². The fraction of sp³-hybridized carbons (Fsp3) is 0.381. The molecule has 0 aliphatic rings. The van der Waals surface area contributed by atoms with E-state index in [1.54, 1.807) is 12.1 Å². The lowest BCUT2D eigenvalue weighted by Gasteiger charge is -2.23. The molecule has 0 aliphatic heterocycles. The second-order valence-corrected chi connectivity index (χ2v) is 8.83. The quantitative estimate of drug-likeness (QED) is 0.789. The maximum absolute atomic E-state index is 12.5. The highest BCUT2D eigenvalue weighted by Crippen LogP contribution is 2.20. The number of hydrogen-bond donors (Lipinski definition) is 1. The van der Waals surface area contributed by atoms with Crippen LogP contribution in [0.25, 0.3) is 0 Å². The molecule has 1 amide bonds. The van der Waals surface area contributed by atoms with Gasteiger partial charge >= 0.3 is 0 Å². The molecule has 0 saturated carbocycles. The van der Waals surface area contributed by atoms with Crippen LogP contribution in [0.3, 0.4) is 0 Å². The van der Waals surface area contributed by atoms with Gasteiger partial charge < -0.3 is 5.32 Å². The van der Waals surface area contributed by atoms with Gasteiger partial charge in [-0.15, -0.1) is 0 Å². The van der Waals surface area contributed by atoms with Gasteiger partial charge in [-0.25, -0.2) is 8.42 Å². The molecule has 0 aromatic heterocycles. The van der Waals surface area contributed by atoms with E-state index in [9.17, 15) is 13.2 Å². The molecule has 5 nitrogen and oxygen atoms in total. The summed E-state index contributed by atoms with van der Waals surface area (Å²) in [6, 6.07) is 13.1. The zero-order valence-electron chi connectivity index (χ0n) is 16.6. The monoisotopic (exact) mass is 388 g/mol. The van der Waals surface area contributed by atoms with Gasteiger partial charge in [-0.3, -0.25) is 9.10 Å². The minimum atomic E-state index is -3.57. The standard InChI is InChI=1S/C21H28N2O3S/c1-6-18-8-11-20(12-9-18)23(27(5,25)26)14-21(24)22-17(4)19-10-7-15(2)16(3)13-19/h7-13,17H,6,14H2,1-5H3,(H,22,24). The minimum absolute atomic E-state index is 0.208. The molecule has 0 saturated heterocycles. The molecule has 0 heterocycles. The van der Waals surface area contributed by atoms with Crippen molar-refractivity contribution in [2.75, 3.05) is 17.1 Å². The van der Waals surface area contributed by atoms with Crippen molar-refractivity contribution in [1.29, 1.82) is 0 Å². The van der Waals surface area contributed by atoms with Gasteiger partial charge in [0.05, 0.1) is 18.0 Å². The molecule has 2 aromatic rings. The van der Waals surface area contributed by atoms with Gasteiger partial charge in [0.25, 0.3) is 0 Å². The van der Waals surface area contributed by atoms with Crippen molar-refractivity contribution >= 4 is 21.6 Å². The third-order valence-corrected chi connectivity index (χ3v) is 5.87. The Morgan fingerprint density at radius 2 is 1.70 bits per heavy atom. The van der Waals surface area contributed by atoms with Gasteiger partial charge in [0.15, 0.2) is 0 Å². The van der Waals surface area contributed by atoms with Crippen LogP contribution in [0.4, 0.5) is 5.69 Å². The second kappa shape index (κ2) is 8.57. The Morgan fingerprint density at radius 1 is 1.07 bits per heavy atom. The van der Waals surface area contributed by atoms with Crippen molar-refractivity contribution in [1.82, 2.24) is 5.32 Å². The normalized spacial score (nSPS) is 12.5. The number of sulfonamides is 1. The molecule has 2 rings (SSSR count). The molecular weight excluding hydrogens is 360 g/mol. The van der Waals surface area contributed by atoms with Gasteiger partial charge in [0, 0.05) is 0 Å². The average Bonchev–Trinajstić information content (AvgIpc) is 2.61. The molecule has 27 heavy (non-hydrogen) atoms. The van der Waals surface area contributed by atoms with Crippen molar-refractivity contribution in [3.05, 3.63) is 64.7 Å². The van der Waals surface area contributed by atoms with E-state index in [0.717, 1.165) is 33.7 Å². The first-order valence-corrected chi connectivity index (χ1v) is 10.9. The summed E-state index contributed by atoms with van der Waals surface area (Å²) in [7, 11) is -3.57. The van der Waals surface area contributed by atoms with E-state index in [2.05, 4.69) is 5.32 Å². The Kier molecular flexibility index (Phi) is 6.65. The summed E-state index contributed by atoms with van der Waals surface area (Å²) in [5.41, 5.74) is 4.94. The third kappa shape index (κ3) is 5.57. The van der Waals surface area contributed by atoms with Gasteiger partial charge in [-0.05, 0) is 61.6 Å². The SMILES string of the molecule is CCc1ccc(N(CC(=O)NC(C)c2ccc(C)c(C)c2)S(C)(=O)=O)cc1. The Hall–Kier alpha value is -2.34. The largest absolute Gasteiger partial charge is 0.348 e. The van der Waals surface area contributed by atoms with Gasteiger partial charge in [-0.2, -0.15) is 0 Å². The number of aryl methyl sites for hydroxylation is 3. The summed E-state index contributed by atoms with van der Waals surface area (Å²) in [4.78, 5) is 12.5. The predicted molar refractivity (Wildman–Crippen MR) is 110 cm³/mol. The van der Waals surface area contributed by atoms with Crippen molar-refractivity contribution in [3.8, 4) is 0 Å². The molecule has 0 fully saturated rings. The van der Waals surface area contributed by atoms with Crippen LogP contribution in [-0.2, 0) is 21.2 Å². The fourth-order valence-corrected chi connectivity index (χ4v) is 3.69. The van der Waals surface area contributed by atoms with Crippen LogP contribution >= 0.6 is 0 Å². The maximum Gasteiger partial charge on any atom is 0.241 e.